The summed E-state index contributed by atoms with van der Waals surface area (Å²) in [5.41, 5.74) is 1.45. The second-order valence-corrected chi connectivity index (χ2v) is 3.84. The van der Waals surface area contributed by atoms with E-state index in [0.717, 1.165) is 11.3 Å². The third-order valence-corrected chi connectivity index (χ3v) is 2.59. The molecule has 2 aromatic carbocycles. The molecule has 0 aliphatic carbocycles. The molecule has 18 heavy (non-hydrogen) atoms. The second-order valence-electron chi connectivity index (χ2n) is 3.84. The van der Waals surface area contributed by atoms with Crippen molar-refractivity contribution in [3.8, 4) is 23.3 Å². The Morgan fingerprint density at radius 3 is 2.50 bits per heavy atom. The quantitative estimate of drug-likeness (QED) is 0.820. The van der Waals surface area contributed by atoms with Gasteiger partial charge in [0.05, 0.1) is 12.7 Å². The monoisotopic (exact) mass is 239 g/mol. The Morgan fingerprint density at radius 1 is 1.06 bits per heavy atom. The van der Waals surface area contributed by atoms with E-state index in [-0.39, 0.29) is 0 Å². The van der Waals surface area contributed by atoms with Gasteiger partial charge in [0.15, 0.2) is 0 Å². The first-order valence-electron chi connectivity index (χ1n) is 5.56. The van der Waals surface area contributed by atoms with Crippen LogP contribution in [0.4, 0.5) is 0 Å². The molecule has 0 spiro atoms. The summed E-state index contributed by atoms with van der Waals surface area (Å²) in [6.45, 7) is 1.91. The van der Waals surface area contributed by atoms with Crippen LogP contribution < -0.4 is 9.47 Å². The van der Waals surface area contributed by atoms with Gasteiger partial charge in [0.1, 0.15) is 23.3 Å². The molecule has 0 radical (unpaired) electrons. The first-order chi connectivity index (χ1) is 8.74. The molecule has 0 saturated heterocycles. The van der Waals surface area contributed by atoms with Crippen LogP contribution in [0.2, 0.25) is 0 Å². The van der Waals surface area contributed by atoms with Crippen LogP contribution in [-0.4, -0.2) is 7.11 Å². The van der Waals surface area contributed by atoms with E-state index in [0.29, 0.717) is 17.1 Å². The Balaban J connectivity index is 2.37. The smallest absolute Gasteiger partial charge is 0.148 e. The topological polar surface area (TPSA) is 42.2 Å². The van der Waals surface area contributed by atoms with Crippen LogP contribution in [0.5, 0.6) is 17.2 Å². The van der Waals surface area contributed by atoms with Crippen molar-refractivity contribution in [2.45, 2.75) is 6.92 Å². The predicted molar refractivity (Wildman–Crippen MR) is 69.0 cm³/mol. The van der Waals surface area contributed by atoms with Crippen LogP contribution in [0.3, 0.4) is 0 Å². The summed E-state index contributed by atoms with van der Waals surface area (Å²) in [6.07, 6.45) is 0. The SMILES string of the molecule is COc1cccc(Oc2c(C)cccc2C#N)c1. The molecule has 0 heterocycles. The summed E-state index contributed by atoms with van der Waals surface area (Å²) in [5, 5.41) is 9.07. The lowest BCUT2D eigenvalue weighted by Crippen LogP contribution is -1.92. The lowest BCUT2D eigenvalue weighted by Gasteiger charge is -2.10. The average molecular weight is 239 g/mol. The number of para-hydroxylation sites is 1. The van der Waals surface area contributed by atoms with Gasteiger partial charge in [0, 0.05) is 6.07 Å². The van der Waals surface area contributed by atoms with Crippen molar-refractivity contribution in [3.05, 3.63) is 53.6 Å². The lowest BCUT2D eigenvalue weighted by atomic mass is 10.1. The molecule has 0 saturated carbocycles. The molecule has 0 N–H and O–H groups in total. The number of ether oxygens (including phenoxy) is 2. The van der Waals surface area contributed by atoms with Crippen LogP contribution in [0.15, 0.2) is 42.5 Å². The molecule has 2 aromatic rings. The maximum absolute atomic E-state index is 9.07. The van der Waals surface area contributed by atoms with Crippen molar-refractivity contribution < 1.29 is 9.47 Å². The van der Waals surface area contributed by atoms with E-state index in [1.54, 1.807) is 19.2 Å². The van der Waals surface area contributed by atoms with Crippen molar-refractivity contribution in [1.29, 1.82) is 5.26 Å². The molecule has 3 heteroatoms. The molecule has 0 aliphatic heterocycles. The molecule has 0 aliphatic rings. The fourth-order valence-corrected chi connectivity index (χ4v) is 1.66. The van der Waals surface area contributed by atoms with Gasteiger partial charge < -0.3 is 9.47 Å². The van der Waals surface area contributed by atoms with Gasteiger partial charge in [-0.05, 0) is 30.7 Å². The number of nitriles is 1. The van der Waals surface area contributed by atoms with Gasteiger partial charge in [-0.1, -0.05) is 18.2 Å². The molecule has 0 atom stereocenters. The Kier molecular flexibility index (Phi) is 3.49. The van der Waals surface area contributed by atoms with Crippen LogP contribution >= 0.6 is 0 Å². The van der Waals surface area contributed by atoms with Gasteiger partial charge in [0.25, 0.3) is 0 Å². The highest BCUT2D eigenvalue weighted by atomic mass is 16.5. The van der Waals surface area contributed by atoms with Gasteiger partial charge in [0.2, 0.25) is 0 Å². The van der Waals surface area contributed by atoms with E-state index in [4.69, 9.17) is 14.7 Å². The van der Waals surface area contributed by atoms with Crippen molar-refractivity contribution in [2.24, 2.45) is 0 Å². The fraction of sp³-hybridized carbons (Fsp3) is 0.133. The van der Waals surface area contributed by atoms with Crippen LogP contribution in [0, 0.1) is 18.3 Å². The first kappa shape index (κ1) is 12.0. The molecule has 0 aromatic heterocycles. The molecular formula is C15H13NO2. The van der Waals surface area contributed by atoms with Crippen LogP contribution in [0.1, 0.15) is 11.1 Å². The first-order valence-corrected chi connectivity index (χ1v) is 5.56. The van der Waals surface area contributed by atoms with E-state index >= 15 is 0 Å². The summed E-state index contributed by atoms with van der Waals surface area (Å²) in [7, 11) is 1.60. The molecule has 0 fully saturated rings. The maximum Gasteiger partial charge on any atom is 0.148 e. The number of benzene rings is 2. The molecule has 0 bridgehead atoms. The van der Waals surface area contributed by atoms with Gasteiger partial charge in [-0.3, -0.25) is 0 Å². The van der Waals surface area contributed by atoms with Crippen molar-refractivity contribution in [3.63, 3.8) is 0 Å². The van der Waals surface area contributed by atoms with Crippen molar-refractivity contribution in [2.75, 3.05) is 7.11 Å². The molecule has 3 nitrogen and oxygen atoms in total. The zero-order valence-corrected chi connectivity index (χ0v) is 10.3. The largest absolute Gasteiger partial charge is 0.497 e. The Bertz CT molecular complexity index is 600. The minimum Gasteiger partial charge on any atom is -0.497 e. The highest BCUT2D eigenvalue weighted by molar-refractivity contribution is 5.50. The maximum atomic E-state index is 9.07. The van der Waals surface area contributed by atoms with E-state index in [9.17, 15) is 0 Å². The van der Waals surface area contributed by atoms with E-state index < -0.39 is 0 Å². The zero-order valence-electron chi connectivity index (χ0n) is 10.3. The summed E-state index contributed by atoms with van der Waals surface area (Å²) >= 11 is 0. The standard InChI is InChI=1S/C15H13NO2/c1-11-5-3-6-12(10-16)15(11)18-14-8-4-7-13(9-14)17-2/h3-9H,1-2H3. The predicted octanol–water partition coefficient (Wildman–Crippen LogP) is 3.67. The van der Waals surface area contributed by atoms with Gasteiger partial charge in [-0.25, -0.2) is 0 Å². The Morgan fingerprint density at radius 2 is 1.78 bits per heavy atom. The third-order valence-electron chi connectivity index (χ3n) is 2.59. The van der Waals surface area contributed by atoms with E-state index in [1.807, 2.05) is 37.3 Å². The highest BCUT2D eigenvalue weighted by Gasteiger charge is 2.08. The zero-order chi connectivity index (χ0) is 13.0. The lowest BCUT2D eigenvalue weighted by molar-refractivity contribution is 0.408. The van der Waals surface area contributed by atoms with Crippen molar-refractivity contribution >= 4 is 0 Å². The van der Waals surface area contributed by atoms with Gasteiger partial charge >= 0.3 is 0 Å². The summed E-state index contributed by atoms with van der Waals surface area (Å²) in [5.74, 6) is 1.97. The minimum atomic E-state index is 0.526. The number of rotatable bonds is 3. The number of methoxy groups -OCH3 is 1. The number of hydrogen-bond donors (Lipinski definition) is 0. The van der Waals surface area contributed by atoms with Gasteiger partial charge in [-0.2, -0.15) is 5.26 Å². The molecule has 90 valence electrons. The Hall–Kier alpha value is -2.47. The van der Waals surface area contributed by atoms with E-state index in [2.05, 4.69) is 6.07 Å². The minimum absolute atomic E-state index is 0.526. The van der Waals surface area contributed by atoms with Gasteiger partial charge in [-0.15, -0.1) is 0 Å². The number of hydrogen-bond acceptors (Lipinski definition) is 3. The highest BCUT2D eigenvalue weighted by Crippen LogP contribution is 2.30. The van der Waals surface area contributed by atoms with Crippen molar-refractivity contribution in [1.82, 2.24) is 0 Å². The van der Waals surface area contributed by atoms with Crippen LogP contribution in [-0.2, 0) is 0 Å². The number of aryl methyl sites for hydroxylation is 1. The molecular weight excluding hydrogens is 226 g/mol. The average Bonchev–Trinajstić information content (AvgIpc) is 2.41. The fourth-order valence-electron chi connectivity index (χ4n) is 1.66. The van der Waals surface area contributed by atoms with E-state index in [1.165, 1.54) is 0 Å². The normalized spacial score (nSPS) is 9.61. The summed E-state index contributed by atoms with van der Waals surface area (Å²) < 4.78 is 10.9. The molecule has 0 amide bonds. The Labute approximate surface area is 106 Å². The summed E-state index contributed by atoms with van der Waals surface area (Å²) in [6, 6.07) is 14.9. The van der Waals surface area contributed by atoms with Crippen LogP contribution in [0.25, 0.3) is 0 Å². The molecule has 0 unspecified atom stereocenters. The number of nitrogens with zero attached hydrogens (tertiary/aromatic N) is 1. The summed E-state index contributed by atoms with van der Waals surface area (Å²) in [4.78, 5) is 0. The molecule has 2 rings (SSSR count). The third kappa shape index (κ3) is 2.44. The second kappa shape index (κ2) is 5.24.